The number of benzene rings is 2. The monoisotopic (exact) mass is 366 g/mol. The summed E-state index contributed by atoms with van der Waals surface area (Å²) in [6, 6.07) is 18.2. The number of likely N-dealkylation sites (N-methyl/N-ethyl adjacent to an activating group) is 1. The van der Waals surface area contributed by atoms with E-state index in [1.807, 2.05) is 43.3 Å². The van der Waals surface area contributed by atoms with Gasteiger partial charge in [0.15, 0.2) is 5.82 Å². The lowest BCUT2D eigenvalue weighted by atomic mass is 10.1. The average molecular weight is 367 g/mol. The molecule has 0 unspecified atom stereocenters. The maximum atomic E-state index is 5.93. The van der Waals surface area contributed by atoms with Crippen LogP contribution in [0.3, 0.4) is 0 Å². The van der Waals surface area contributed by atoms with Gasteiger partial charge in [0.05, 0.1) is 0 Å². The van der Waals surface area contributed by atoms with Crippen molar-refractivity contribution >= 4 is 17.7 Å². The van der Waals surface area contributed by atoms with Crippen LogP contribution in [0.15, 0.2) is 60.7 Å². The SMILES string of the molecule is Cc1nnc(C=CCN(C)CCc2ccc(Cl)cc2)n1-c1ccccc1. The third-order valence-electron chi connectivity index (χ3n) is 4.24. The van der Waals surface area contributed by atoms with Gasteiger partial charge in [0, 0.05) is 23.8 Å². The van der Waals surface area contributed by atoms with E-state index in [4.69, 9.17) is 11.6 Å². The Balaban J connectivity index is 1.58. The highest BCUT2D eigenvalue weighted by molar-refractivity contribution is 6.30. The third kappa shape index (κ3) is 4.81. The van der Waals surface area contributed by atoms with E-state index in [2.05, 4.69) is 57.1 Å². The van der Waals surface area contributed by atoms with Gasteiger partial charge in [-0.25, -0.2) is 0 Å². The highest BCUT2D eigenvalue weighted by Crippen LogP contribution is 2.13. The second-order valence-corrected chi connectivity index (χ2v) is 6.75. The van der Waals surface area contributed by atoms with E-state index in [1.54, 1.807) is 0 Å². The van der Waals surface area contributed by atoms with Gasteiger partial charge in [-0.1, -0.05) is 48.0 Å². The number of nitrogens with zero attached hydrogens (tertiary/aromatic N) is 4. The van der Waals surface area contributed by atoms with Crippen LogP contribution < -0.4 is 0 Å². The minimum atomic E-state index is 0.780. The molecule has 2 aromatic carbocycles. The Labute approximate surface area is 159 Å². The number of aromatic nitrogens is 3. The summed E-state index contributed by atoms with van der Waals surface area (Å²) in [5.41, 5.74) is 2.37. The largest absolute Gasteiger partial charge is 0.302 e. The van der Waals surface area contributed by atoms with E-state index in [-0.39, 0.29) is 0 Å². The van der Waals surface area contributed by atoms with Crippen molar-refractivity contribution in [2.24, 2.45) is 0 Å². The molecule has 0 fully saturated rings. The minimum absolute atomic E-state index is 0.780. The Kier molecular flexibility index (Phi) is 6.21. The standard InChI is InChI=1S/C21H23ClN4/c1-17-23-24-21(26(17)20-7-4-3-5-8-20)9-6-15-25(2)16-14-18-10-12-19(22)13-11-18/h3-13H,14-16H2,1-2H3. The number of rotatable bonds is 7. The summed E-state index contributed by atoms with van der Waals surface area (Å²) in [6.07, 6.45) is 5.16. The van der Waals surface area contributed by atoms with Crippen molar-refractivity contribution in [2.45, 2.75) is 13.3 Å². The molecule has 0 N–H and O–H groups in total. The molecule has 0 saturated carbocycles. The molecule has 0 saturated heterocycles. The van der Waals surface area contributed by atoms with Crippen LogP contribution >= 0.6 is 11.6 Å². The molecule has 0 aliphatic heterocycles. The number of hydrogen-bond donors (Lipinski definition) is 0. The fourth-order valence-corrected chi connectivity index (χ4v) is 2.91. The molecular formula is C21H23ClN4. The number of halogens is 1. The summed E-state index contributed by atoms with van der Waals surface area (Å²) in [4.78, 5) is 2.28. The van der Waals surface area contributed by atoms with Crippen molar-refractivity contribution in [3.05, 3.63) is 82.9 Å². The summed E-state index contributed by atoms with van der Waals surface area (Å²) < 4.78 is 2.06. The second-order valence-electron chi connectivity index (χ2n) is 6.32. The van der Waals surface area contributed by atoms with Gasteiger partial charge < -0.3 is 4.90 Å². The van der Waals surface area contributed by atoms with E-state index in [1.165, 1.54) is 5.56 Å². The summed E-state index contributed by atoms with van der Waals surface area (Å²) in [7, 11) is 2.12. The summed E-state index contributed by atoms with van der Waals surface area (Å²) in [6.45, 7) is 3.81. The van der Waals surface area contributed by atoms with Crippen molar-refractivity contribution in [2.75, 3.05) is 20.1 Å². The maximum Gasteiger partial charge on any atom is 0.160 e. The van der Waals surface area contributed by atoms with Gasteiger partial charge in [-0.3, -0.25) is 4.57 Å². The lowest BCUT2D eigenvalue weighted by Gasteiger charge is -2.14. The van der Waals surface area contributed by atoms with Gasteiger partial charge in [0.25, 0.3) is 0 Å². The fourth-order valence-electron chi connectivity index (χ4n) is 2.78. The molecule has 4 nitrogen and oxygen atoms in total. The molecule has 0 aliphatic rings. The van der Waals surface area contributed by atoms with Crippen LogP contribution in [0.1, 0.15) is 17.2 Å². The predicted octanol–water partition coefficient (Wildman–Crippen LogP) is 4.42. The van der Waals surface area contributed by atoms with Crippen molar-refractivity contribution in [3.8, 4) is 5.69 Å². The van der Waals surface area contributed by atoms with Crippen molar-refractivity contribution < 1.29 is 0 Å². The topological polar surface area (TPSA) is 34.0 Å². The molecule has 1 heterocycles. The minimum Gasteiger partial charge on any atom is -0.302 e. The second kappa shape index (κ2) is 8.79. The molecule has 0 aliphatic carbocycles. The van der Waals surface area contributed by atoms with Crippen LogP contribution in [0.25, 0.3) is 11.8 Å². The van der Waals surface area contributed by atoms with Crippen LogP contribution in [0.4, 0.5) is 0 Å². The molecule has 0 atom stereocenters. The lowest BCUT2D eigenvalue weighted by Crippen LogP contribution is -2.21. The Bertz CT molecular complexity index is 853. The molecular weight excluding hydrogens is 344 g/mol. The third-order valence-corrected chi connectivity index (χ3v) is 4.50. The first-order chi connectivity index (χ1) is 12.6. The number of hydrogen-bond acceptors (Lipinski definition) is 3. The Morgan fingerprint density at radius 2 is 1.77 bits per heavy atom. The molecule has 134 valence electrons. The number of para-hydroxylation sites is 1. The van der Waals surface area contributed by atoms with Crippen LogP contribution in [0, 0.1) is 6.92 Å². The van der Waals surface area contributed by atoms with Crippen molar-refractivity contribution in [1.29, 1.82) is 0 Å². The molecule has 0 amide bonds. The first kappa shape index (κ1) is 18.4. The zero-order chi connectivity index (χ0) is 18.4. The van der Waals surface area contributed by atoms with Gasteiger partial charge in [-0.15, -0.1) is 10.2 Å². The zero-order valence-electron chi connectivity index (χ0n) is 15.1. The highest BCUT2D eigenvalue weighted by atomic mass is 35.5. The highest BCUT2D eigenvalue weighted by Gasteiger charge is 2.07. The maximum absolute atomic E-state index is 5.93. The first-order valence-corrected chi connectivity index (χ1v) is 9.08. The predicted molar refractivity (Wildman–Crippen MR) is 108 cm³/mol. The van der Waals surface area contributed by atoms with E-state index in [0.717, 1.165) is 41.9 Å². The molecule has 3 aromatic rings. The molecule has 26 heavy (non-hydrogen) atoms. The quantitative estimate of drug-likeness (QED) is 0.620. The van der Waals surface area contributed by atoms with Crippen LogP contribution in [0.5, 0.6) is 0 Å². The van der Waals surface area contributed by atoms with E-state index < -0.39 is 0 Å². The fraction of sp³-hybridized carbons (Fsp3) is 0.238. The van der Waals surface area contributed by atoms with E-state index in [0.29, 0.717) is 0 Å². The smallest absolute Gasteiger partial charge is 0.160 e. The number of aryl methyl sites for hydroxylation is 1. The molecule has 0 spiro atoms. The van der Waals surface area contributed by atoms with Crippen molar-refractivity contribution in [1.82, 2.24) is 19.7 Å². The molecule has 0 radical (unpaired) electrons. The van der Waals surface area contributed by atoms with Gasteiger partial charge >= 0.3 is 0 Å². The van der Waals surface area contributed by atoms with Crippen LogP contribution in [0.2, 0.25) is 5.02 Å². The molecule has 5 heteroatoms. The van der Waals surface area contributed by atoms with Gasteiger partial charge in [-0.2, -0.15) is 0 Å². The summed E-state index contributed by atoms with van der Waals surface area (Å²) in [5.74, 6) is 1.73. The summed E-state index contributed by atoms with van der Waals surface area (Å²) in [5, 5.41) is 9.28. The van der Waals surface area contributed by atoms with E-state index >= 15 is 0 Å². The summed E-state index contributed by atoms with van der Waals surface area (Å²) >= 11 is 5.93. The van der Waals surface area contributed by atoms with Crippen LogP contribution in [-0.2, 0) is 6.42 Å². The lowest BCUT2D eigenvalue weighted by molar-refractivity contribution is 0.375. The van der Waals surface area contributed by atoms with Crippen LogP contribution in [-0.4, -0.2) is 39.8 Å². The van der Waals surface area contributed by atoms with Gasteiger partial charge in [0.1, 0.15) is 5.82 Å². The molecule has 3 rings (SSSR count). The van der Waals surface area contributed by atoms with Gasteiger partial charge in [0.2, 0.25) is 0 Å². The Hall–Kier alpha value is -2.43. The van der Waals surface area contributed by atoms with Gasteiger partial charge in [-0.05, 0) is 56.3 Å². The zero-order valence-corrected chi connectivity index (χ0v) is 15.9. The Morgan fingerprint density at radius 3 is 2.50 bits per heavy atom. The average Bonchev–Trinajstić information content (AvgIpc) is 3.02. The Morgan fingerprint density at radius 1 is 1.04 bits per heavy atom. The van der Waals surface area contributed by atoms with E-state index in [9.17, 15) is 0 Å². The molecule has 1 aromatic heterocycles. The van der Waals surface area contributed by atoms with Crippen molar-refractivity contribution in [3.63, 3.8) is 0 Å². The molecule has 0 bridgehead atoms. The normalized spacial score (nSPS) is 11.5. The first-order valence-electron chi connectivity index (χ1n) is 8.70.